The largest absolute Gasteiger partial charge is 0.392 e. The molecule has 3 heteroatoms. The summed E-state index contributed by atoms with van der Waals surface area (Å²) in [6.45, 7) is 4.94. The van der Waals surface area contributed by atoms with Crippen molar-refractivity contribution in [1.29, 1.82) is 0 Å². The Balaban J connectivity index is 1.91. The second-order valence-electron chi connectivity index (χ2n) is 5.68. The zero-order valence-corrected chi connectivity index (χ0v) is 11.4. The van der Waals surface area contributed by atoms with Gasteiger partial charge in [-0.2, -0.15) is 0 Å². The lowest BCUT2D eigenvalue weighted by Crippen LogP contribution is -2.33. The van der Waals surface area contributed by atoms with Gasteiger partial charge in [-0.05, 0) is 43.2 Å². The van der Waals surface area contributed by atoms with E-state index in [0.717, 1.165) is 19.3 Å². The van der Waals surface area contributed by atoms with Gasteiger partial charge in [0.2, 0.25) is 0 Å². The van der Waals surface area contributed by atoms with Crippen molar-refractivity contribution >= 4 is 0 Å². The Labute approximate surface area is 110 Å². The Bertz CT molecular complexity index is 379. The molecule has 0 saturated carbocycles. The average Bonchev–Trinajstić information content (AvgIpc) is 2.35. The lowest BCUT2D eigenvalue weighted by Gasteiger charge is -2.26. The van der Waals surface area contributed by atoms with Crippen LogP contribution in [-0.4, -0.2) is 22.7 Å². The third-order valence-electron chi connectivity index (χ3n) is 3.54. The summed E-state index contributed by atoms with van der Waals surface area (Å²) in [7, 11) is 0. The standard InChI is InChI=1S/C15H24N2O/c1-11(2)9-13(18)10-17-14-7-3-5-12-6-4-8-16-15(12)14/h4,6,8,11,13-14,17-18H,3,5,7,9-10H2,1-2H3. The number of nitrogens with zero attached hydrogens (tertiary/aromatic N) is 1. The van der Waals surface area contributed by atoms with Crippen LogP contribution in [0.15, 0.2) is 18.3 Å². The fourth-order valence-electron chi connectivity index (χ4n) is 2.71. The highest BCUT2D eigenvalue weighted by atomic mass is 16.3. The van der Waals surface area contributed by atoms with E-state index >= 15 is 0 Å². The highest BCUT2D eigenvalue weighted by molar-refractivity contribution is 5.25. The van der Waals surface area contributed by atoms with Crippen LogP contribution in [0.5, 0.6) is 0 Å². The molecule has 2 atom stereocenters. The zero-order chi connectivity index (χ0) is 13.0. The number of hydrogen-bond donors (Lipinski definition) is 2. The van der Waals surface area contributed by atoms with Crippen LogP contribution in [0.1, 0.15) is 50.4 Å². The molecule has 1 aliphatic carbocycles. The molecular weight excluding hydrogens is 224 g/mol. The quantitative estimate of drug-likeness (QED) is 0.841. The summed E-state index contributed by atoms with van der Waals surface area (Å²) in [5.74, 6) is 0.540. The number of aryl methyl sites for hydroxylation is 1. The van der Waals surface area contributed by atoms with Gasteiger partial charge in [-0.25, -0.2) is 0 Å². The molecule has 18 heavy (non-hydrogen) atoms. The van der Waals surface area contributed by atoms with Gasteiger partial charge in [0, 0.05) is 18.8 Å². The van der Waals surface area contributed by atoms with Gasteiger partial charge in [0.25, 0.3) is 0 Å². The molecule has 2 unspecified atom stereocenters. The minimum Gasteiger partial charge on any atom is -0.392 e. The van der Waals surface area contributed by atoms with Crippen molar-refractivity contribution < 1.29 is 5.11 Å². The Hall–Kier alpha value is -0.930. The fourth-order valence-corrected chi connectivity index (χ4v) is 2.71. The molecule has 0 aromatic carbocycles. The van der Waals surface area contributed by atoms with Crippen LogP contribution < -0.4 is 5.32 Å². The Morgan fingerprint density at radius 2 is 2.33 bits per heavy atom. The average molecular weight is 248 g/mol. The molecule has 2 rings (SSSR count). The molecule has 1 aromatic rings. The van der Waals surface area contributed by atoms with Crippen LogP contribution in [0.25, 0.3) is 0 Å². The first-order valence-electron chi connectivity index (χ1n) is 7.02. The third-order valence-corrected chi connectivity index (χ3v) is 3.54. The molecule has 0 amide bonds. The van der Waals surface area contributed by atoms with Crippen molar-refractivity contribution in [1.82, 2.24) is 10.3 Å². The second-order valence-corrected chi connectivity index (χ2v) is 5.68. The zero-order valence-electron chi connectivity index (χ0n) is 11.4. The summed E-state index contributed by atoms with van der Waals surface area (Å²) in [6, 6.07) is 4.49. The summed E-state index contributed by atoms with van der Waals surface area (Å²) in [5, 5.41) is 13.4. The molecule has 3 nitrogen and oxygen atoms in total. The molecule has 0 spiro atoms. The van der Waals surface area contributed by atoms with E-state index in [9.17, 15) is 5.11 Å². The first-order valence-corrected chi connectivity index (χ1v) is 7.02. The van der Waals surface area contributed by atoms with Crippen molar-refractivity contribution in [2.24, 2.45) is 5.92 Å². The Morgan fingerprint density at radius 1 is 1.50 bits per heavy atom. The van der Waals surface area contributed by atoms with E-state index in [1.165, 1.54) is 17.7 Å². The van der Waals surface area contributed by atoms with E-state index in [-0.39, 0.29) is 6.10 Å². The predicted octanol–water partition coefficient (Wildman–Crippen LogP) is 2.46. The lowest BCUT2D eigenvalue weighted by molar-refractivity contribution is 0.141. The van der Waals surface area contributed by atoms with Gasteiger partial charge in [-0.1, -0.05) is 19.9 Å². The first-order chi connectivity index (χ1) is 8.66. The Morgan fingerprint density at radius 3 is 3.11 bits per heavy atom. The fraction of sp³-hybridized carbons (Fsp3) is 0.667. The van der Waals surface area contributed by atoms with Gasteiger partial charge in [0.1, 0.15) is 0 Å². The van der Waals surface area contributed by atoms with Crippen molar-refractivity contribution in [2.45, 2.75) is 51.7 Å². The van der Waals surface area contributed by atoms with E-state index in [4.69, 9.17) is 0 Å². The summed E-state index contributed by atoms with van der Waals surface area (Å²) in [6.07, 6.45) is 5.93. The highest BCUT2D eigenvalue weighted by Crippen LogP contribution is 2.27. The molecule has 1 aromatic heterocycles. The molecule has 1 aliphatic rings. The molecule has 0 bridgehead atoms. The number of rotatable bonds is 5. The maximum Gasteiger partial charge on any atom is 0.0667 e. The Kier molecular flexibility index (Phi) is 4.72. The normalized spacial score (nSPS) is 20.8. The van der Waals surface area contributed by atoms with Crippen molar-refractivity contribution in [3.05, 3.63) is 29.6 Å². The number of hydrogen-bond acceptors (Lipinski definition) is 3. The van der Waals surface area contributed by atoms with E-state index < -0.39 is 0 Å². The molecule has 0 fully saturated rings. The number of pyridine rings is 1. The van der Waals surface area contributed by atoms with Gasteiger partial charge in [0.05, 0.1) is 11.8 Å². The smallest absolute Gasteiger partial charge is 0.0667 e. The SMILES string of the molecule is CC(C)CC(O)CNC1CCCc2cccnc21. The molecule has 0 saturated heterocycles. The molecule has 0 aliphatic heterocycles. The first kappa shape index (κ1) is 13.5. The van der Waals surface area contributed by atoms with Gasteiger partial charge < -0.3 is 10.4 Å². The maximum atomic E-state index is 9.92. The number of aromatic nitrogens is 1. The predicted molar refractivity (Wildman–Crippen MR) is 73.4 cm³/mol. The lowest BCUT2D eigenvalue weighted by atomic mass is 9.91. The highest BCUT2D eigenvalue weighted by Gasteiger charge is 2.21. The molecule has 2 N–H and O–H groups in total. The van der Waals surface area contributed by atoms with Gasteiger partial charge in [0.15, 0.2) is 0 Å². The van der Waals surface area contributed by atoms with Crippen molar-refractivity contribution in [3.8, 4) is 0 Å². The summed E-state index contributed by atoms with van der Waals surface area (Å²) in [5.41, 5.74) is 2.54. The summed E-state index contributed by atoms with van der Waals surface area (Å²) >= 11 is 0. The third kappa shape index (κ3) is 3.53. The van der Waals surface area contributed by atoms with E-state index in [1.807, 2.05) is 12.3 Å². The molecule has 100 valence electrons. The van der Waals surface area contributed by atoms with E-state index in [1.54, 1.807) is 0 Å². The number of aliphatic hydroxyl groups is 1. The van der Waals surface area contributed by atoms with Crippen molar-refractivity contribution in [2.75, 3.05) is 6.54 Å². The van der Waals surface area contributed by atoms with Crippen LogP contribution in [0.3, 0.4) is 0 Å². The van der Waals surface area contributed by atoms with E-state index in [2.05, 4.69) is 30.2 Å². The topological polar surface area (TPSA) is 45.1 Å². The van der Waals surface area contributed by atoms with Crippen LogP contribution in [0.4, 0.5) is 0 Å². The van der Waals surface area contributed by atoms with Crippen LogP contribution in [0, 0.1) is 5.92 Å². The number of aliphatic hydroxyl groups excluding tert-OH is 1. The minimum absolute atomic E-state index is 0.251. The number of nitrogens with one attached hydrogen (secondary N) is 1. The number of fused-ring (bicyclic) bond motifs is 1. The maximum absolute atomic E-state index is 9.92. The van der Waals surface area contributed by atoms with E-state index in [0.29, 0.717) is 18.5 Å². The monoisotopic (exact) mass is 248 g/mol. The van der Waals surface area contributed by atoms with Crippen LogP contribution >= 0.6 is 0 Å². The second kappa shape index (κ2) is 6.30. The molecule has 1 heterocycles. The summed E-state index contributed by atoms with van der Waals surface area (Å²) < 4.78 is 0. The van der Waals surface area contributed by atoms with Crippen LogP contribution in [-0.2, 0) is 6.42 Å². The van der Waals surface area contributed by atoms with Gasteiger partial charge in [-0.15, -0.1) is 0 Å². The van der Waals surface area contributed by atoms with Crippen LogP contribution in [0.2, 0.25) is 0 Å². The van der Waals surface area contributed by atoms with Gasteiger partial charge >= 0.3 is 0 Å². The molecular formula is C15H24N2O. The van der Waals surface area contributed by atoms with Crippen molar-refractivity contribution in [3.63, 3.8) is 0 Å². The van der Waals surface area contributed by atoms with Gasteiger partial charge in [-0.3, -0.25) is 4.98 Å². The minimum atomic E-state index is -0.251. The molecule has 0 radical (unpaired) electrons. The summed E-state index contributed by atoms with van der Waals surface area (Å²) in [4.78, 5) is 4.50.